The molecule has 3 N–H and O–H groups in total. The molecule has 2 heterocycles. The van der Waals surface area contributed by atoms with Gasteiger partial charge in [0.05, 0.1) is 11.3 Å². The maximum Gasteiger partial charge on any atom is 0.250 e. The Kier molecular flexibility index (Phi) is 3.79. The Hall–Kier alpha value is -2.47. The van der Waals surface area contributed by atoms with Crippen molar-refractivity contribution in [1.29, 1.82) is 0 Å². The molecule has 3 rings (SSSR count). The van der Waals surface area contributed by atoms with Gasteiger partial charge >= 0.3 is 0 Å². The number of para-hydroxylation sites is 1. The quantitative estimate of drug-likeness (QED) is 0.864. The molecule has 0 radical (unpaired) electrons. The molecule has 1 aliphatic heterocycles. The fourth-order valence-electron chi connectivity index (χ4n) is 2.59. The molecule has 1 saturated heterocycles. The molecule has 0 aliphatic carbocycles. The van der Waals surface area contributed by atoms with E-state index in [9.17, 15) is 4.79 Å². The van der Waals surface area contributed by atoms with E-state index in [0.29, 0.717) is 11.4 Å². The molecule has 1 aromatic heterocycles. The van der Waals surface area contributed by atoms with Crippen molar-refractivity contribution < 1.29 is 4.79 Å². The second kappa shape index (κ2) is 5.88. The molecule has 0 bridgehead atoms. The Morgan fingerprint density at radius 2 is 1.86 bits per heavy atom. The Bertz CT molecular complexity index is 638. The van der Waals surface area contributed by atoms with Gasteiger partial charge in [-0.3, -0.25) is 4.79 Å². The van der Waals surface area contributed by atoms with Crippen molar-refractivity contribution in [3.8, 4) is 11.4 Å². The second-order valence-corrected chi connectivity index (χ2v) is 4.88. The van der Waals surface area contributed by atoms with Gasteiger partial charge in [0.25, 0.3) is 5.91 Å². The van der Waals surface area contributed by atoms with Crippen LogP contribution in [0.4, 0.5) is 5.69 Å². The first-order chi connectivity index (χ1) is 10.3. The molecular weight excluding hydrogens is 266 g/mol. The predicted molar refractivity (Wildman–Crippen MR) is 81.1 cm³/mol. The van der Waals surface area contributed by atoms with E-state index in [0.717, 1.165) is 37.4 Å². The summed E-state index contributed by atoms with van der Waals surface area (Å²) in [4.78, 5) is 22.6. The molecular formula is C15H17N5O. The standard InChI is InChI=1S/C15H17N5O/c16-14(21)11-3-1-4-12(15-18-5-2-6-19-15)13(11)20-9-7-17-8-10-20/h1-6,17H,7-10H2,(H2,16,21). The lowest BCUT2D eigenvalue weighted by atomic mass is 10.0. The highest BCUT2D eigenvalue weighted by Crippen LogP contribution is 2.32. The van der Waals surface area contributed by atoms with Crippen molar-refractivity contribution in [3.05, 3.63) is 42.2 Å². The summed E-state index contributed by atoms with van der Waals surface area (Å²) in [5.41, 5.74) is 7.73. The number of piperazine rings is 1. The molecule has 0 atom stereocenters. The number of hydrogen-bond donors (Lipinski definition) is 2. The van der Waals surface area contributed by atoms with Crippen molar-refractivity contribution in [1.82, 2.24) is 15.3 Å². The number of primary amides is 1. The Labute approximate surface area is 123 Å². The van der Waals surface area contributed by atoms with E-state index in [1.54, 1.807) is 24.5 Å². The Morgan fingerprint density at radius 1 is 1.14 bits per heavy atom. The summed E-state index contributed by atoms with van der Waals surface area (Å²) >= 11 is 0. The monoisotopic (exact) mass is 283 g/mol. The van der Waals surface area contributed by atoms with Crippen LogP contribution in [-0.4, -0.2) is 42.1 Å². The number of nitrogens with zero attached hydrogens (tertiary/aromatic N) is 3. The summed E-state index contributed by atoms with van der Waals surface area (Å²) in [6.07, 6.45) is 3.39. The molecule has 1 fully saturated rings. The van der Waals surface area contributed by atoms with E-state index in [-0.39, 0.29) is 0 Å². The van der Waals surface area contributed by atoms with E-state index in [2.05, 4.69) is 20.2 Å². The molecule has 0 spiro atoms. The SMILES string of the molecule is NC(=O)c1cccc(-c2ncccn2)c1N1CCNCC1. The summed E-state index contributed by atoms with van der Waals surface area (Å²) in [6, 6.07) is 7.27. The van der Waals surface area contributed by atoms with Crippen LogP contribution in [0, 0.1) is 0 Å². The third-order valence-electron chi connectivity index (χ3n) is 3.54. The van der Waals surface area contributed by atoms with E-state index in [1.165, 1.54) is 0 Å². The zero-order chi connectivity index (χ0) is 14.7. The number of aromatic nitrogens is 2. The number of carbonyl (C=O) groups excluding carboxylic acids is 1. The lowest BCUT2D eigenvalue weighted by Gasteiger charge is -2.32. The summed E-state index contributed by atoms with van der Waals surface area (Å²) in [5.74, 6) is 0.176. The number of benzene rings is 1. The van der Waals surface area contributed by atoms with E-state index >= 15 is 0 Å². The smallest absolute Gasteiger partial charge is 0.250 e. The molecule has 0 unspecified atom stereocenters. The van der Waals surface area contributed by atoms with Crippen LogP contribution in [0.5, 0.6) is 0 Å². The number of rotatable bonds is 3. The number of anilines is 1. The molecule has 1 amide bonds. The molecule has 0 saturated carbocycles. The molecule has 2 aromatic rings. The average molecular weight is 283 g/mol. The van der Waals surface area contributed by atoms with Crippen LogP contribution >= 0.6 is 0 Å². The zero-order valence-electron chi connectivity index (χ0n) is 11.6. The van der Waals surface area contributed by atoms with Crippen LogP contribution in [0.15, 0.2) is 36.7 Å². The molecule has 6 nitrogen and oxygen atoms in total. The van der Waals surface area contributed by atoms with Gasteiger partial charge in [-0.15, -0.1) is 0 Å². The third kappa shape index (κ3) is 2.71. The van der Waals surface area contributed by atoms with Gasteiger partial charge in [-0.1, -0.05) is 6.07 Å². The molecule has 1 aliphatic rings. The van der Waals surface area contributed by atoms with E-state index in [1.807, 2.05) is 12.1 Å². The van der Waals surface area contributed by atoms with Gasteiger partial charge in [0.1, 0.15) is 0 Å². The second-order valence-electron chi connectivity index (χ2n) is 4.88. The first-order valence-corrected chi connectivity index (χ1v) is 6.93. The minimum Gasteiger partial charge on any atom is -0.368 e. The maximum atomic E-state index is 11.8. The van der Waals surface area contributed by atoms with Crippen molar-refractivity contribution >= 4 is 11.6 Å². The Balaban J connectivity index is 2.15. The van der Waals surface area contributed by atoms with Gasteiger partial charge in [0, 0.05) is 44.1 Å². The number of nitrogens with one attached hydrogen (secondary N) is 1. The minimum absolute atomic E-state index is 0.429. The van der Waals surface area contributed by atoms with Gasteiger partial charge in [-0.2, -0.15) is 0 Å². The van der Waals surface area contributed by atoms with Gasteiger partial charge in [0.2, 0.25) is 0 Å². The summed E-state index contributed by atoms with van der Waals surface area (Å²) in [5, 5.41) is 3.30. The van der Waals surface area contributed by atoms with Crippen LogP contribution in [0.2, 0.25) is 0 Å². The average Bonchev–Trinajstić information content (AvgIpc) is 2.55. The van der Waals surface area contributed by atoms with E-state index in [4.69, 9.17) is 5.73 Å². The van der Waals surface area contributed by atoms with Crippen molar-refractivity contribution in [2.75, 3.05) is 31.1 Å². The molecule has 1 aromatic carbocycles. The van der Waals surface area contributed by atoms with Crippen LogP contribution in [-0.2, 0) is 0 Å². The van der Waals surface area contributed by atoms with Gasteiger partial charge in [-0.05, 0) is 18.2 Å². The fraction of sp³-hybridized carbons (Fsp3) is 0.267. The largest absolute Gasteiger partial charge is 0.368 e. The topological polar surface area (TPSA) is 84.1 Å². The maximum absolute atomic E-state index is 11.8. The lowest BCUT2D eigenvalue weighted by molar-refractivity contribution is 0.100. The minimum atomic E-state index is -0.429. The van der Waals surface area contributed by atoms with Crippen LogP contribution < -0.4 is 16.0 Å². The third-order valence-corrected chi connectivity index (χ3v) is 3.54. The first-order valence-electron chi connectivity index (χ1n) is 6.93. The van der Waals surface area contributed by atoms with Crippen LogP contribution in [0.25, 0.3) is 11.4 Å². The predicted octanol–water partition coefficient (Wildman–Crippen LogP) is 0.652. The Morgan fingerprint density at radius 3 is 2.52 bits per heavy atom. The highest BCUT2D eigenvalue weighted by atomic mass is 16.1. The summed E-state index contributed by atoms with van der Waals surface area (Å²) < 4.78 is 0. The molecule has 21 heavy (non-hydrogen) atoms. The number of amides is 1. The number of carbonyl (C=O) groups is 1. The first kappa shape index (κ1) is 13.5. The van der Waals surface area contributed by atoms with E-state index < -0.39 is 5.91 Å². The zero-order valence-corrected chi connectivity index (χ0v) is 11.6. The van der Waals surface area contributed by atoms with Crippen LogP contribution in [0.1, 0.15) is 10.4 Å². The summed E-state index contributed by atoms with van der Waals surface area (Å²) in [6.45, 7) is 3.40. The van der Waals surface area contributed by atoms with Gasteiger partial charge in [-0.25, -0.2) is 9.97 Å². The number of hydrogen-bond acceptors (Lipinski definition) is 5. The highest BCUT2D eigenvalue weighted by molar-refractivity contribution is 6.02. The van der Waals surface area contributed by atoms with Crippen LogP contribution in [0.3, 0.4) is 0 Å². The fourth-order valence-corrected chi connectivity index (χ4v) is 2.59. The van der Waals surface area contributed by atoms with Crippen molar-refractivity contribution in [2.24, 2.45) is 5.73 Å². The normalized spacial score (nSPS) is 15.0. The van der Waals surface area contributed by atoms with Gasteiger partial charge < -0.3 is 16.0 Å². The summed E-state index contributed by atoms with van der Waals surface area (Å²) in [7, 11) is 0. The van der Waals surface area contributed by atoms with Crippen molar-refractivity contribution in [2.45, 2.75) is 0 Å². The highest BCUT2D eigenvalue weighted by Gasteiger charge is 2.22. The van der Waals surface area contributed by atoms with Crippen molar-refractivity contribution in [3.63, 3.8) is 0 Å². The molecule has 6 heteroatoms. The molecule has 108 valence electrons. The lowest BCUT2D eigenvalue weighted by Crippen LogP contribution is -2.44. The number of nitrogens with two attached hydrogens (primary N) is 1. The van der Waals surface area contributed by atoms with Gasteiger partial charge in [0.15, 0.2) is 5.82 Å².